The van der Waals surface area contributed by atoms with Gasteiger partial charge in [-0.2, -0.15) is 0 Å². The Balaban J connectivity index is 2.77. The zero-order chi connectivity index (χ0) is 10.8. The minimum atomic E-state index is -0.119. The van der Waals surface area contributed by atoms with E-state index in [0.29, 0.717) is 11.1 Å². The lowest BCUT2D eigenvalue weighted by Gasteiger charge is -2.05. The lowest BCUT2D eigenvalue weighted by Crippen LogP contribution is -2.18. The van der Waals surface area contributed by atoms with Crippen molar-refractivity contribution in [3.63, 3.8) is 0 Å². The maximum absolute atomic E-state index is 11.6. The molecule has 1 heterocycles. The van der Waals surface area contributed by atoms with Crippen LogP contribution < -0.4 is 5.32 Å². The van der Waals surface area contributed by atoms with E-state index in [9.17, 15) is 4.79 Å². The normalized spacial score (nSPS) is 10.3. The molecular formula is C11H9BrN2O. The first kappa shape index (κ1) is 10.1. The highest BCUT2D eigenvalue weighted by Gasteiger charge is 2.10. The Labute approximate surface area is 95.6 Å². The number of halogens is 1. The zero-order valence-electron chi connectivity index (χ0n) is 8.12. The zero-order valence-corrected chi connectivity index (χ0v) is 9.71. The van der Waals surface area contributed by atoms with Gasteiger partial charge in [0.05, 0.1) is 11.1 Å². The lowest BCUT2D eigenvalue weighted by molar-refractivity contribution is 0.0964. The van der Waals surface area contributed by atoms with Gasteiger partial charge in [-0.25, -0.2) is 0 Å². The van der Waals surface area contributed by atoms with Crippen LogP contribution in [0.3, 0.4) is 0 Å². The summed E-state index contributed by atoms with van der Waals surface area (Å²) >= 11 is 3.43. The molecule has 0 aliphatic rings. The molecular weight excluding hydrogens is 256 g/mol. The highest BCUT2D eigenvalue weighted by atomic mass is 79.9. The Hall–Kier alpha value is -1.42. The van der Waals surface area contributed by atoms with Gasteiger partial charge < -0.3 is 5.32 Å². The average Bonchev–Trinajstić information content (AvgIpc) is 2.29. The van der Waals surface area contributed by atoms with E-state index in [1.165, 1.54) is 0 Å². The second-order valence-electron chi connectivity index (χ2n) is 3.07. The summed E-state index contributed by atoms with van der Waals surface area (Å²) in [6.45, 7) is 0. The molecule has 0 fully saturated rings. The van der Waals surface area contributed by atoms with E-state index in [1.54, 1.807) is 19.3 Å². The van der Waals surface area contributed by atoms with Gasteiger partial charge in [-0.1, -0.05) is 22.0 Å². The largest absolute Gasteiger partial charge is 0.355 e. The van der Waals surface area contributed by atoms with Gasteiger partial charge in [0.15, 0.2) is 0 Å². The summed E-state index contributed by atoms with van der Waals surface area (Å²) in [5.74, 6) is -0.119. The highest BCUT2D eigenvalue weighted by Crippen LogP contribution is 2.24. The molecule has 1 aromatic carbocycles. The van der Waals surface area contributed by atoms with Gasteiger partial charge in [-0.05, 0) is 18.2 Å². The van der Waals surface area contributed by atoms with Crippen molar-refractivity contribution >= 4 is 32.7 Å². The van der Waals surface area contributed by atoms with Crippen LogP contribution in [0.1, 0.15) is 10.4 Å². The Kier molecular flexibility index (Phi) is 2.68. The van der Waals surface area contributed by atoms with Crippen molar-refractivity contribution in [1.82, 2.24) is 10.3 Å². The molecule has 0 aliphatic heterocycles. The smallest absolute Gasteiger partial charge is 0.253 e. The average molecular weight is 265 g/mol. The molecule has 1 amide bonds. The molecule has 15 heavy (non-hydrogen) atoms. The van der Waals surface area contributed by atoms with Crippen LogP contribution in [-0.2, 0) is 0 Å². The van der Waals surface area contributed by atoms with Gasteiger partial charge in [0.2, 0.25) is 0 Å². The number of aromatic nitrogens is 1. The van der Waals surface area contributed by atoms with Crippen molar-refractivity contribution in [2.24, 2.45) is 0 Å². The molecule has 0 radical (unpaired) electrons. The standard InChI is InChI=1S/C11H9BrN2O/c1-13-11(15)8-4-5-9(12)7-3-2-6-14-10(7)8/h2-6H,1H3,(H,13,15). The summed E-state index contributed by atoms with van der Waals surface area (Å²) in [6, 6.07) is 7.40. The van der Waals surface area contributed by atoms with Gasteiger partial charge >= 0.3 is 0 Å². The molecule has 2 aromatic rings. The number of amides is 1. The molecule has 0 saturated carbocycles. The third-order valence-electron chi connectivity index (χ3n) is 2.19. The summed E-state index contributed by atoms with van der Waals surface area (Å²) in [5.41, 5.74) is 1.31. The fourth-order valence-electron chi connectivity index (χ4n) is 1.46. The van der Waals surface area contributed by atoms with Crippen LogP contribution in [-0.4, -0.2) is 17.9 Å². The predicted octanol–water partition coefficient (Wildman–Crippen LogP) is 2.36. The highest BCUT2D eigenvalue weighted by molar-refractivity contribution is 9.10. The number of hydrogen-bond donors (Lipinski definition) is 1. The van der Waals surface area contributed by atoms with Crippen molar-refractivity contribution in [1.29, 1.82) is 0 Å². The van der Waals surface area contributed by atoms with E-state index in [-0.39, 0.29) is 5.91 Å². The first-order chi connectivity index (χ1) is 7.24. The van der Waals surface area contributed by atoms with Gasteiger partial charge in [0, 0.05) is 23.1 Å². The number of pyridine rings is 1. The van der Waals surface area contributed by atoms with Crippen molar-refractivity contribution < 1.29 is 4.79 Å². The summed E-state index contributed by atoms with van der Waals surface area (Å²) < 4.78 is 0.943. The van der Waals surface area contributed by atoms with E-state index in [1.807, 2.05) is 18.2 Å². The molecule has 2 rings (SSSR count). The molecule has 0 saturated heterocycles. The van der Waals surface area contributed by atoms with Crippen LogP contribution in [0.5, 0.6) is 0 Å². The maximum Gasteiger partial charge on any atom is 0.253 e. The predicted molar refractivity (Wildman–Crippen MR) is 62.8 cm³/mol. The molecule has 1 N–H and O–H groups in total. The van der Waals surface area contributed by atoms with Crippen LogP contribution >= 0.6 is 15.9 Å². The van der Waals surface area contributed by atoms with Gasteiger partial charge in [0.25, 0.3) is 5.91 Å². The summed E-state index contributed by atoms with van der Waals surface area (Å²) in [6.07, 6.45) is 1.68. The molecule has 4 heteroatoms. The van der Waals surface area contributed by atoms with Crippen LogP contribution in [0, 0.1) is 0 Å². The number of nitrogens with zero attached hydrogens (tertiary/aromatic N) is 1. The fourth-order valence-corrected chi connectivity index (χ4v) is 1.91. The Bertz CT molecular complexity index is 525. The number of nitrogens with one attached hydrogen (secondary N) is 1. The number of rotatable bonds is 1. The third kappa shape index (κ3) is 1.72. The molecule has 1 aromatic heterocycles. The SMILES string of the molecule is CNC(=O)c1ccc(Br)c2cccnc12. The Morgan fingerprint density at radius 3 is 2.93 bits per heavy atom. The van der Waals surface area contributed by atoms with E-state index < -0.39 is 0 Å². The van der Waals surface area contributed by atoms with Gasteiger partial charge in [-0.3, -0.25) is 9.78 Å². The first-order valence-corrected chi connectivity index (χ1v) is 5.28. The summed E-state index contributed by atoms with van der Waals surface area (Å²) in [5, 5.41) is 3.54. The molecule has 0 spiro atoms. The minimum absolute atomic E-state index is 0.119. The van der Waals surface area contributed by atoms with E-state index in [0.717, 1.165) is 9.86 Å². The monoisotopic (exact) mass is 264 g/mol. The van der Waals surface area contributed by atoms with Crippen LogP contribution in [0.2, 0.25) is 0 Å². The Morgan fingerprint density at radius 2 is 2.20 bits per heavy atom. The van der Waals surface area contributed by atoms with Crippen molar-refractivity contribution in [3.8, 4) is 0 Å². The van der Waals surface area contributed by atoms with E-state index in [4.69, 9.17) is 0 Å². The van der Waals surface area contributed by atoms with Crippen molar-refractivity contribution in [2.45, 2.75) is 0 Å². The summed E-state index contributed by atoms with van der Waals surface area (Å²) in [7, 11) is 1.61. The fraction of sp³-hybridized carbons (Fsp3) is 0.0909. The maximum atomic E-state index is 11.6. The molecule has 3 nitrogen and oxygen atoms in total. The minimum Gasteiger partial charge on any atom is -0.355 e. The number of hydrogen-bond acceptors (Lipinski definition) is 2. The van der Waals surface area contributed by atoms with Crippen LogP contribution in [0.4, 0.5) is 0 Å². The van der Waals surface area contributed by atoms with Crippen molar-refractivity contribution in [2.75, 3.05) is 7.05 Å². The Morgan fingerprint density at radius 1 is 1.40 bits per heavy atom. The number of carbonyl (C=O) groups is 1. The molecule has 0 aliphatic carbocycles. The number of carbonyl (C=O) groups excluding carboxylic acids is 1. The number of benzene rings is 1. The molecule has 76 valence electrons. The summed E-state index contributed by atoms with van der Waals surface area (Å²) in [4.78, 5) is 15.8. The van der Waals surface area contributed by atoms with Gasteiger partial charge in [0.1, 0.15) is 0 Å². The number of fused-ring (bicyclic) bond motifs is 1. The lowest BCUT2D eigenvalue weighted by atomic mass is 10.1. The van der Waals surface area contributed by atoms with Crippen molar-refractivity contribution in [3.05, 3.63) is 40.5 Å². The van der Waals surface area contributed by atoms with Gasteiger partial charge in [-0.15, -0.1) is 0 Å². The second kappa shape index (κ2) is 3.98. The van der Waals surface area contributed by atoms with Crippen LogP contribution in [0.15, 0.2) is 34.9 Å². The quantitative estimate of drug-likeness (QED) is 0.860. The topological polar surface area (TPSA) is 42.0 Å². The first-order valence-electron chi connectivity index (χ1n) is 4.49. The second-order valence-corrected chi connectivity index (χ2v) is 3.93. The van der Waals surface area contributed by atoms with Crippen LogP contribution in [0.25, 0.3) is 10.9 Å². The molecule has 0 unspecified atom stereocenters. The van der Waals surface area contributed by atoms with E-state index in [2.05, 4.69) is 26.2 Å². The molecule has 0 atom stereocenters. The van der Waals surface area contributed by atoms with E-state index >= 15 is 0 Å². The molecule has 0 bridgehead atoms. The third-order valence-corrected chi connectivity index (χ3v) is 2.88.